The van der Waals surface area contributed by atoms with Crippen LogP contribution in [0, 0.1) is 12.8 Å². The number of rotatable bonds is 14. The highest BCUT2D eigenvalue weighted by Crippen LogP contribution is 2.47. The Bertz CT molecular complexity index is 1450. The van der Waals surface area contributed by atoms with Crippen LogP contribution in [0.2, 0.25) is 18.1 Å². The van der Waals surface area contributed by atoms with Gasteiger partial charge in [0.1, 0.15) is 17.5 Å². The number of ether oxygens (including phenoxy) is 2. The summed E-state index contributed by atoms with van der Waals surface area (Å²) in [6.45, 7) is 14.8. The summed E-state index contributed by atoms with van der Waals surface area (Å²) >= 11 is 2.21. The zero-order valence-corrected chi connectivity index (χ0v) is 29.0. The second-order valence-electron chi connectivity index (χ2n) is 11.5. The monoisotopic (exact) mass is 675 g/mol. The Hall–Kier alpha value is -2.82. The molecule has 1 aromatic carbocycles. The first-order chi connectivity index (χ1) is 20.5. The van der Waals surface area contributed by atoms with Crippen LogP contribution in [0.1, 0.15) is 72.6 Å². The maximum absolute atomic E-state index is 13.2. The highest BCUT2D eigenvalue weighted by atomic mass is 32.2. The molecule has 0 saturated carbocycles. The summed E-state index contributed by atoms with van der Waals surface area (Å²) in [6.07, 6.45) is -4.58. The lowest BCUT2D eigenvalue weighted by Gasteiger charge is -2.43. The molecule has 0 bridgehead atoms. The molecule has 2 heterocycles. The summed E-state index contributed by atoms with van der Waals surface area (Å²) in [5.41, 5.74) is 6.21. The SMILES string of the molecule is COC(=O)c1c(C)c(OC)cc(O[Si](C)(C)C(C)(C)C(C)C)c1CSCC(Nc1nc(C(F)(F)F)cs1)c1nc(CN)no1. The molecule has 0 fully saturated rings. The lowest BCUT2D eigenvalue weighted by molar-refractivity contribution is -0.140. The van der Waals surface area contributed by atoms with Gasteiger partial charge in [0.15, 0.2) is 16.6 Å². The van der Waals surface area contributed by atoms with Crippen LogP contribution in [0.15, 0.2) is 16.0 Å². The van der Waals surface area contributed by atoms with Gasteiger partial charge >= 0.3 is 12.1 Å². The number of carbonyl (C=O) groups is 1. The van der Waals surface area contributed by atoms with Gasteiger partial charge in [-0.1, -0.05) is 32.9 Å². The van der Waals surface area contributed by atoms with E-state index in [1.165, 1.54) is 26.0 Å². The van der Waals surface area contributed by atoms with Gasteiger partial charge in [0.25, 0.3) is 8.32 Å². The molecule has 3 aromatic rings. The number of hydrogen-bond donors (Lipinski definition) is 2. The number of carbonyl (C=O) groups excluding carboxylic acids is 1. The van der Waals surface area contributed by atoms with E-state index in [1.807, 2.05) is 0 Å². The molecule has 0 aliphatic heterocycles. The molecule has 0 radical (unpaired) electrons. The zero-order valence-electron chi connectivity index (χ0n) is 26.3. The van der Waals surface area contributed by atoms with E-state index in [-0.39, 0.29) is 34.2 Å². The Kier molecular flexibility index (Phi) is 11.4. The molecule has 10 nitrogen and oxygen atoms in total. The molecule has 0 spiro atoms. The number of nitrogens with zero attached hydrogens (tertiary/aromatic N) is 3. The number of nitrogens with two attached hydrogens (primary N) is 1. The minimum Gasteiger partial charge on any atom is -0.543 e. The van der Waals surface area contributed by atoms with Crippen molar-refractivity contribution in [3.8, 4) is 11.5 Å². The number of thiazole rings is 1. The summed E-state index contributed by atoms with van der Waals surface area (Å²) in [5.74, 6) is 1.75. The van der Waals surface area contributed by atoms with Crippen molar-refractivity contribution >= 4 is 42.5 Å². The summed E-state index contributed by atoms with van der Waals surface area (Å²) in [7, 11) is 0.402. The van der Waals surface area contributed by atoms with Crippen molar-refractivity contribution < 1.29 is 36.4 Å². The van der Waals surface area contributed by atoms with Gasteiger partial charge in [0.05, 0.1) is 26.3 Å². The molecular weight excluding hydrogens is 636 g/mol. The maximum Gasteiger partial charge on any atom is 0.434 e. The van der Waals surface area contributed by atoms with E-state index in [2.05, 4.69) is 61.2 Å². The van der Waals surface area contributed by atoms with Crippen LogP contribution >= 0.6 is 23.1 Å². The Balaban J connectivity index is 2.00. The first-order valence-electron chi connectivity index (χ1n) is 13.8. The summed E-state index contributed by atoms with van der Waals surface area (Å²) in [4.78, 5) is 21.1. The fourth-order valence-corrected chi connectivity index (χ4v) is 8.50. The molecule has 0 aliphatic carbocycles. The average Bonchev–Trinajstić information content (AvgIpc) is 3.63. The normalized spacial score (nSPS) is 13.2. The van der Waals surface area contributed by atoms with Crippen LogP contribution in [-0.4, -0.2) is 49.4 Å². The number of nitrogens with one attached hydrogen (secondary N) is 1. The van der Waals surface area contributed by atoms with Gasteiger partial charge in [0.2, 0.25) is 5.89 Å². The second-order valence-corrected chi connectivity index (χ2v) is 17.9. The Morgan fingerprint density at radius 2 is 1.89 bits per heavy atom. The average molecular weight is 676 g/mol. The first-order valence-corrected chi connectivity index (χ1v) is 18.8. The van der Waals surface area contributed by atoms with Gasteiger partial charge in [0, 0.05) is 34.1 Å². The standard InChI is InChI=1S/C28H40F3N5O5S2Si/c1-15(2)27(4,5)44(8,9)41-20-10-19(38-6)16(3)23(25(37)39-7)17(20)12-42-13-18(24-35-22(11-32)36-40-24)33-26-34-21(14-43-26)28(29,30)31/h10,14-15,18H,11-13,32H2,1-9H3,(H,33,34). The van der Waals surface area contributed by atoms with Crippen molar-refractivity contribution in [1.82, 2.24) is 15.1 Å². The van der Waals surface area contributed by atoms with Gasteiger partial charge in [-0.05, 0) is 31.0 Å². The fraction of sp³-hybridized carbons (Fsp3) is 0.571. The third-order valence-corrected chi connectivity index (χ3v) is 14.4. The molecule has 0 aliphatic rings. The Morgan fingerprint density at radius 3 is 2.41 bits per heavy atom. The predicted molar refractivity (Wildman–Crippen MR) is 168 cm³/mol. The first kappa shape index (κ1) is 35.7. The quantitative estimate of drug-likeness (QED) is 0.133. The van der Waals surface area contributed by atoms with Gasteiger partial charge < -0.3 is 29.5 Å². The largest absolute Gasteiger partial charge is 0.543 e. The molecule has 244 valence electrons. The number of aromatic nitrogens is 3. The molecule has 1 unspecified atom stereocenters. The molecule has 2 aromatic heterocycles. The predicted octanol–water partition coefficient (Wildman–Crippen LogP) is 7.21. The third kappa shape index (κ3) is 7.87. The van der Waals surface area contributed by atoms with Crippen molar-refractivity contribution in [2.45, 2.75) is 77.3 Å². The number of methoxy groups -OCH3 is 2. The lowest BCUT2D eigenvalue weighted by Crippen LogP contribution is -2.48. The lowest BCUT2D eigenvalue weighted by atomic mass is 9.99. The van der Waals surface area contributed by atoms with Gasteiger partial charge in [-0.15, -0.1) is 11.3 Å². The number of thioether (sulfide) groups is 1. The third-order valence-electron chi connectivity index (χ3n) is 8.16. The zero-order chi connectivity index (χ0) is 33.0. The number of halogens is 3. The van der Waals surface area contributed by atoms with Crippen LogP contribution in [0.3, 0.4) is 0 Å². The Morgan fingerprint density at radius 1 is 1.20 bits per heavy atom. The van der Waals surface area contributed by atoms with E-state index in [4.69, 9.17) is 24.2 Å². The van der Waals surface area contributed by atoms with E-state index in [0.717, 1.165) is 16.7 Å². The maximum atomic E-state index is 13.2. The second kappa shape index (κ2) is 14.1. The minimum atomic E-state index is -4.58. The van der Waals surface area contributed by atoms with E-state index in [0.29, 0.717) is 39.9 Å². The van der Waals surface area contributed by atoms with Crippen molar-refractivity contribution in [2.24, 2.45) is 11.7 Å². The number of benzene rings is 1. The number of esters is 1. The molecule has 44 heavy (non-hydrogen) atoms. The molecule has 16 heteroatoms. The number of hydrogen-bond acceptors (Lipinski definition) is 12. The molecular formula is C28H40F3N5O5S2Si. The molecule has 3 rings (SSSR count). The van der Waals surface area contributed by atoms with Gasteiger partial charge in [-0.25, -0.2) is 9.78 Å². The van der Waals surface area contributed by atoms with Crippen LogP contribution < -0.4 is 20.2 Å². The van der Waals surface area contributed by atoms with Crippen LogP contribution in [0.5, 0.6) is 11.5 Å². The van der Waals surface area contributed by atoms with Gasteiger partial charge in [-0.3, -0.25) is 0 Å². The summed E-state index contributed by atoms with van der Waals surface area (Å²) in [5, 5.41) is 7.66. The van der Waals surface area contributed by atoms with Crippen LogP contribution in [0.4, 0.5) is 18.3 Å². The Labute approximate surface area is 264 Å². The number of alkyl halides is 3. The smallest absolute Gasteiger partial charge is 0.434 e. The van der Waals surface area contributed by atoms with E-state index >= 15 is 0 Å². The van der Waals surface area contributed by atoms with Crippen molar-refractivity contribution in [3.63, 3.8) is 0 Å². The fourth-order valence-electron chi connectivity index (χ4n) is 4.28. The highest BCUT2D eigenvalue weighted by Gasteiger charge is 2.45. The minimum absolute atomic E-state index is 0.0273. The van der Waals surface area contributed by atoms with E-state index in [9.17, 15) is 18.0 Å². The van der Waals surface area contributed by atoms with E-state index < -0.39 is 32.2 Å². The summed E-state index contributed by atoms with van der Waals surface area (Å²) < 4.78 is 62.6. The van der Waals surface area contributed by atoms with Crippen molar-refractivity contribution in [1.29, 1.82) is 0 Å². The number of anilines is 1. The molecule has 1 atom stereocenters. The van der Waals surface area contributed by atoms with Crippen LogP contribution in [-0.2, 0) is 23.2 Å². The topological polar surface area (TPSA) is 135 Å². The van der Waals surface area contributed by atoms with Crippen LogP contribution in [0.25, 0.3) is 0 Å². The summed E-state index contributed by atoms with van der Waals surface area (Å²) in [6, 6.07) is 1.09. The molecule has 0 amide bonds. The van der Waals surface area contributed by atoms with Crippen molar-refractivity contribution in [2.75, 3.05) is 25.3 Å². The molecule has 3 N–H and O–H groups in total. The highest BCUT2D eigenvalue weighted by molar-refractivity contribution is 7.98. The van der Waals surface area contributed by atoms with Gasteiger partial charge in [-0.2, -0.15) is 29.9 Å². The van der Waals surface area contributed by atoms with Crippen molar-refractivity contribution in [3.05, 3.63) is 45.5 Å². The molecule has 0 saturated heterocycles. The van der Waals surface area contributed by atoms with E-state index in [1.54, 1.807) is 13.0 Å².